The molecule has 1 aromatic rings. The second-order valence-corrected chi connectivity index (χ2v) is 4.09. The first-order valence-corrected chi connectivity index (χ1v) is 5.56. The van der Waals surface area contributed by atoms with E-state index in [0.717, 1.165) is 38.3 Å². The maximum Gasteiger partial charge on any atom is 0.125 e. The summed E-state index contributed by atoms with van der Waals surface area (Å²) in [5, 5.41) is 3.93. The van der Waals surface area contributed by atoms with Gasteiger partial charge in [0.1, 0.15) is 5.82 Å². The Bertz CT molecular complexity index is 339. The van der Waals surface area contributed by atoms with E-state index in [0.29, 0.717) is 5.02 Å². The molecule has 0 aliphatic carbocycles. The van der Waals surface area contributed by atoms with Crippen LogP contribution in [0.2, 0.25) is 5.02 Å². The first-order valence-electron chi connectivity index (χ1n) is 5.18. The zero-order chi connectivity index (χ0) is 10.7. The predicted molar refractivity (Wildman–Crippen MR) is 68.4 cm³/mol. The van der Waals surface area contributed by atoms with E-state index < -0.39 is 0 Å². The Morgan fingerprint density at radius 2 is 2.06 bits per heavy atom. The van der Waals surface area contributed by atoms with Crippen molar-refractivity contribution in [3.63, 3.8) is 0 Å². The van der Waals surface area contributed by atoms with Gasteiger partial charge < -0.3 is 10.2 Å². The van der Waals surface area contributed by atoms with E-state index in [-0.39, 0.29) is 18.2 Å². The molecule has 0 radical (unpaired) electrons. The fourth-order valence-electron chi connectivity index (χ4n) is 1.81. The van der Waals surface area contributed by atoms with Crippen molar-refractivity contribution in [3.05, 3.63) is 29.0 Å². The maximum atomic E-state index is 13.1. The van der Waals surface area contributed by atoms with Gasteiger partial charge in [-0.05, 0) is 31.2 Å². The monoisotopic (exact) mass is 264 g/mol. The third-order valence-corrected chi connectivity index (χ3v) is 2.91. The number of benzene rings is 1. The van der Waals surface area contributed by atoms with Gasteiger partial charge in [-0.2, -0.15) is 0 Å². The lowest BCUT2D eigenvalue weighted by atomic mass is 10.2. The summed E-state index contributed by atoms with van der Waals surface area (Å²) in [5.74, 6) is -0.230. The molecule has 1 fully saturated rings. The molecule has 1 aliphatic rings. The molecule has 1 aliphatic heterocycles. The highest BCUT2D eigenvalue weighted by Crippen LogP contribution is 2.26. The van der Waals surface area contributed by atoms with Crippen LogP contribution in [-0.4, -0.2) is 26.2 Å². The van der Waals surface area contributed by atoms with E-state index >= 15 is 0 Å². The van der Waals surface area contributed by atoms with Crippen LogP contribution in [0, 0.1) is 5.82 Å². The highest BCUT2D eigenvalue weighted by atomic mass is 35.5. The molecule has 0 saturated carbocycles. The molecule has 2 nitrogen and oxygen atoms in total. The minimum absolute atomic E-state index is 0. The van der Waals surface area contributed by atoms with Crippen molar-refractivity contribution in [2.24, 2.45) is 0 Å². The average Bonchev–Trinajstić information content (AvgIpc) is 2.50. The number of hydrogen-bond acceptors (Lipinski definition) is 2. The largest absolute Gasteiger partial charge is 0.369 e. The van der Waals surface area contributed by atoms with E-state index in [1.807, 2.05) is 0 Å². The van der Waals surface area contributed by atoms with Crippen molar-refractivity contribution >= 4 is 29.7 Å². The van der Waals surface area contributed by atoms with Gasteiger partial charge in [-0.15, -0.1) is 12.4 Å². The summed E-state index contributed by atoms with van der Waals surface area (Å²) in [7, 11) is 0. The summed E-state index contributed by atoms with van der Waals surface area (Å²) in [6.45, 7) is 3.75. The topological polar surface area (TPSA) is 15.3 Å². The Balaban J connectivity index is 0.00000128. The number of nitrogens with zero attached hydrogens (tertiary/aromatic N) is 1. The normalized spacial score (nSPS) is 16.5. The van der Waals surface area contributed by atoms with Gasteiger partial charge in [0.2, 0.25) is 0 Å². The third-order valence-electron chi connectivity index (χ3n) is 2.59. The Morgan fingerprint density at radius 1 is 1.25 bits per heavy atom. The Hall–Kier alpha value is -0.510. The summed E-state index contributed by atoms with van der Waals surface area (Å²) in [6, 6.07) is 4.51. The summed E-state index contributed by atoms with van der Waals surface area (Å²) in [4.78, 5) is 2.13. The van der Waals surface area contributed by atoms with Gasteiger partial charge in [-0.1, -0.05) is 11.6 Å². The first-order chi connectivity index (χ1) is 7.27. The van der Waals surface area contributed by atoms with Gasteiger partial charge in [0.15, 0.2) is 0 Å². The minimum Gasteiger partial charge on any atom is -0.369 e. The maximum absolute atomic E-state index is 13.1. The molecule has 0 amide bonds. The number of hydrogen-bond donors (Lipinski definition) is 1. The number of rotatable bonds is 1. The molecule has 0 atom stereocenters. The zero-order valence-corrected chi connectivity index (χ0v) is 10.5. The standard InChI is InChI=1S/C11H14ClFN2.ClH/c12-10-3-2-9(13)8-11(10)15-6-1-4-14-5-7-15;/h2-3,8,14H,1,4-7H2;1H. The van der Waals surface area contributed by atoms with Gasteiger partial charge in [-0.25, -0.2) is 4.39 Å². The van der Waals surface area contributed by atoms with Crippen LogP contribution in [0.15, 0.2) is 18.2 Å². The van der Waals surface area contributed by atoms with Crippen LogP contribution < -0.4 is 10.2 Å². The van der Waals surface area contributed by atoms with E-state index in [4.69, 9.17) is 11.6 Å². The lowest BCUT2D eigenvalue weighted by Gasteiger charge is -2.23. The van der Waals surface area contributed by atoms with Crippen molar-refractivity contribution in [1.29, 1.82) is 0 Å². The van der Waals surface area contributed by atoms with Crippen LogP contribution in [0.25, 0.3) is 0 Å². The smallest absolute Gasteiger partial charge is 0.125 e. The van der Waals surface area contributed by atoms with Crippen molar-refractivity contribution in [2.75, 3.05) is 31.1 Å². The molecular weight excluding hydrogens is 250 g/mol. The molecule has 2 rings (SSSR count). The number of nitrogens with one attached hydrogen (secondary N) is 1. The molecule has 5 heteroatoms. The molecular formula is C11H15Cl2FN2. The van der Waals surface area contributed by atoms with Crippen LogP contribution in [0.1, 0.15) is 6.42 Å². The van der Waals surface area contributed by atoms with Crippen LogP contribution in [0.3, 0.4) is 0 Å². The van der Waals surface area contributed by atoms with Gasteiger partial charge in [0, 0.05) is 19.6 Å². The molecule has 0 aromatic heterocycles. The minimum atomic E-state index is -0.230. The highest BCUT2D eigenvalue weighted by Gasteiger charge is 2.12. The summed E-state index contributed by atoms with van der Waals surface area (Å²) in [5.41, 5.74) is 0.806. The van der Waals surface area contributed by atoms with Gasteiger partial charge >= 0.3 is 0 Å². The molecule has 1 saturated heterocycles. The summed E-state index contributed by atoms with van der Waals surface area (Å²) >= 11 is 6.05. The van der Waals surface area contributed by atoms with E-state index in [2.05, 4.69) is 10.2 Å². The van der Waals surface area contributed by atoms with E-state index in [9.17, 15) is 4.39 Å². The molecule has 1 N–H and O–H groups in total. The molecule has 0 bridgehead atoms. The van der Waals surface area contributed by atoms with Crippen LogP contribution in [0.4, 0.5) is 10.1 Å². The van der Waals surface area contributed by atoms with Crippen LogP contribution in [0.5, 0.6) is 0 Å². The van der Waals surface area contributed by atoms with Crippen molar-refractivity contribution in [2.45, 2.75) is 6.42 Å². The third kappa shape index (κ3) is 3.24. The lowest BCUT2D eigenvalue weighted by molar-refractivity contribution is 0.626. The molecule has 0 unspecified atom stereocenters. The van der Waals surface area contributed by atoms with Crippen molar-refractivity contribution < 1.29 is 4.39 Å². The second kappa shape index (κ2) is 6.28. The van der Waals surface area contributed by atoms with Crippen molar-refractivity contribution in [3.8, 4) is 0 Å². The summed E-state index contributed by atoms with van der Waals surface area (Å²) < 4.78 is 13.1. The van der Waals surface area contributed by atoms with E-state index in [1.165, 1.54) is 12.1 Å². The fourth-order valence-corrected chi connectivity index (χ4v) is 2.05. The highest BCUT2D eigenvalue weighted by molar-refractivity contribution is 6.33. The van der Waals surface area contributed by atoms with Crippen molar-refractivity contribution in [1.82, 2.24) is 5.32 Å². The first kappa shape index (κ1) is 13.6. The SMILES string of the molecule is Cl.Fc1ccc(Cl)c(N2CCCNCC2)c1. The Kier molecular flexibility index (Phi) is 5.32. The van der Waals surface area contributed by atoms with Crippen LogP contribution in [-0.2, 0) is 0 Å². The van der Waals surface area contributed by atoms with Crippen LogP contribution >= 0.6 is 24.0 Å². The van der Waals surface area contributed by atoms with E-state index in [1.54, 1.807) is 6.07 Å². The summed E-state index contributed by atoms with van der Waals surface area (Å²) in [6.07, 6.45) is 1.06. The molecule has 0 spiro atoms. The number of anilines is 1. The molecule has 90 valence electrons. The lowest BCUT2D eigenvalue weighted by Crippen LogP contribution is -2.28. The van der Waals surface area contributed by atoms with Gasteiger partial charge in [0.05, 0.1) is 10.7 Å². The second-order valence-electron chi connectivity index (χ2n) is 3.69. The Morgan fingerprint density at radius 3 is 2.88 bits per heavy atom. The average molecular weight is 265 g/mol. The quantitative estimate of drug-likeness (QED) is 0.839. The molecule has 1 aromatic carbocycles. The Labute approximate surface area is 106 Å². The van der Waals surface area contributed by atoms with Gasteiger partial charge in [0.25, 0.3) is 0 Å². The zero-order valence-electron chi connectivity index (χ0n) is 8.88. The molecule has 1 heterocycles. The van der Waals surface area contributed by atoms with Gasteiger partial charge in [-0.3, -0.25) is 0 Å². The number of halogens is 3. The predicted octanol–water partition coefficient (Wildman–Crippen LogP) is 2.70. The molecule has 16 heavy (non-hydrogen) atoms. The fraction of sp³-hybridized carbons (Fsp3) is 0.455.